The Bertz CT molecular complexity index is 524. The molecule has 0 aromatic carbocycles. The maximum absolute atomic E-state index is 12.6. The predicted octanol–water partition coefficient (Wildman–Crippen LogP) is 2.20. The van der Waals surface area contributed by atoms with E-state index in [0.29, 0.717) is 31.3 Å². The number of nitrogens with one attached hydrogen (secondary N) is 1. The molecule has 1 unspecified atom stereocenters. The van der Waals surface area contributed by atoms with E-state index in [4.69, 9.17) is 4.42 Å². The summed E-state index contributed by atoms with van der Waals surface area (Å²) in [5, 5.41) is 3.02. The highest BCUT2D eigenvalue weighted by atomic mass is 32.2. The molecule has 1 aliphatic rings. The van der Waals surface area contributed by atoms with Gasteiger partial charge in [0.05, 0.1) is 6.54 Å². The van der Waals surface area contributed by atoms with Crippen molar-refractivity contribution in [3.63, 3.8) is 0 Å². The number of nitrogens with zero attached hydrogens (tertiary/aromatic N) is 1. The van der Waals surface area contributed by atoms with Gasteiger partial charge in [-0.1, -0.05) is 13.3 Å². The summed E-state index contributed by atoms with van der Waals surface area (Å²) in [6, 6.07) is 3.28. The van der Waals surface area contributed by atoms with E-state index >= 15 is 0 Å². The van der Waals surface area contributed by atoms with Crippen molar-refractivity contribution in [3.05, 3.63) is 17.9 Å². The molecule has 5 nitrogen and oxygen atoms in total. The van der Waals surface area contributed by atoms with Crippen molar-refractivity contribution in [1.29, 1.82) is 0 Å². The molecule has 1 N–H and O–H groups in total. The first-order valence-electron chi connectivity index (χ1n) is 7.31. The summed E-state index contributed by atoms with van der Waals surface area (Å²) >= 11 is 0. The molecular weight excluding hydrogens is 276 g/mol. The molecule has 0 radical (unpaired) electrons. The molecule has 114 valence electrons. The van der Waals surface area contributed by atoms with Crippen LogP contribution in [-0.2, 0) is 16.6 Å². The standard InChI is InChI=1S/C14H24N2O3S/c1-3-12-5-4-9-16(10-8-12)20(17,18)14-7-6-13(19-14)11-15-2/h6-7,12,15H,3-5,8-11H2,1-2H3. The highest BCUT2D eigenvalue weighted by Gasteiger charge is 2.29. The number of rotatable bonds is 5. The Labute approximate surface area is 121 Å². The molecule has 0 amide bonds. The van der Waals surface area contributed by atoms with Crippen molar-refractivity contribution in [1.82, 2.24) is 9.62 Å². The van der Waals surface area contributed by atoms with Crippen LogP contribution in [0.2, 0.25) is 0 Å². The Morgan fingerprint density at radius 2 is 2.15 bits per heavy atom. The zero-order valence-corrected chi connectivity index (χ0v) is 13.1. The molecule has 0 aliphatic carbocycles. The number of sulfonamides is 1. The molecule has 1 aliphatic heterocycles. The van der Waals surface area contributed by atoms with Crippen LogP contribution in [0.25, 0.3) is 0 Å². The second-order valence-corrected chi connectivity index (χ2v) is 7.23. The zero-order chi connectivity index (χ0) is 14.6. The Hall–Kier alpha value is -0.850. The van der Waals surface area contributed by atoms with Gasteiger partial charge in [-0.2, -0.15) is 4.31 Å². The summed E-state index contributed by atoms with van der Waals surface area (Å²) in [6.07, 6.45) is 4.12. The molecule has 1 aromatic rings. The average Bonchev–Trinajstić information content (AvgIpc) is 2.76. The van der Waals surface area contributed by atoms with E-state index < -0.39 is 10.0 Å². The maximum atomic E-state index is 12.6. The van der Waals surface area contributed by atoms with Crippen LogP contribution >= 0.6 is 0 Å². The highest BCUT2D eigenvalue weighted by Crippen LogP contribution is 2.25. The van der Waals surface area contributed by atoms with E-state index in [1.54, 1.807) is 23.5 Å². The van der Waals surface area contributed by atoms with Gasteiger partial charge in [0, 0.05) is 13.1 Å². The van der Waals surface area contributed by atoms with Gasteiger partial charge in [0.15, 0.2) is 0 Å². The summed E-state index contributed by atoms with van der Waals surface area (Å²) < 4.78 is 32.1. The molecule has 0 bridgehead atoms. The van der Waals surface area contributed by atoms with Crippen LogP contribution in [-0.4, -0.2) is 32.9 Å². The molecule has 2 rings (SSSR count). The fourth-order valence-corrected chi connectivity index (χ4v) is 4.10. The van der Waals surface area contributed by atoms with Gasteiger partial charge in [-0.05, 0) is 44.4 Å². The lowest BCUT2D eigenvalue weighted by Gasteiger charge is -2.18. The summed E-state index contributed by atoms with van der Waals surface area (Å²) in [7, 11) is -1.67. The Morgan fingerprint density at radius 1 is 1.35 bits per heavy atom. The van der Waals surface area contributed by atoms with Gasteiger partial charge < -0.3 is 9.73 Å². The van der Waals surface area contributed by atoms with E-state index in [-0.39, 0.29) is 5.09 Å². The molecule has 1 fully saturated rings. The fourth-order valence-electron chi connectivity index (χ4n) is 2.68. The van der Waals surface area contributed by atoms with Crippen molar-refractivity contribution in [3.8, 4) is 0 Å². The van der Waals surface area contributed by atoms with Gasteiger partial charge in [0.2, 0.25) is 5.09 Å². The Morgan fingerprint density at radius 3 is 2.85 bits per heavy atom. The largest absolute Gasteiger partial charge is 0.447 e. The van der Waals surface area contributed by atoms with Crippen molar-refractivity contribution < 1.29 is 12.8 Å². The number of furan rings is 1. The topological polar surface area (TPSA) is 62.6 Å². The third kappa shape index (κ3) is 3.42. The molecule has 20 heavy (non-hydrogen) atoms. The molecular formula is C14H24N2O3S. The van der Waals surface area contributed by atoms with Crippen molar-refractivity contribution in [2.24, 2.45) is 5.92 Å². The predicted molar refractivity (Wildman–Crippen MR) is 77.9 cm³/mol. The monoisotopic (exact) mass is 300 g/mol. The van der Waals surface area contributed by atoms with Crippen LogP contribution in [0, 0.1) is 5.92 Å². The van der Waals surface area contributed by atoms with Crippen LogP contribution in [0.4, 0.5) is 0 Å². The lowest BCUT2D eigenvalue weighted by atomic mass is 9.98. The van der Waals surface area contributed by atoms with Crippen molar-refractivity contribution >= 4 is 10.0 Å². The van der Waals surface area contributed by atoms with E-state index in [2.05, 4.69) is 12.2 Å². The maximum Gasteiger partial charge on any atom is 0.276 e. The minimum atomic E-state index is -3.48. The third-order valence-corrected chi connectivity index (χ3v) is 5.74. The first-order chi connectivity index (χ1) is 9.57. The van der Waals surface area contributed by atoms with Crippen LogP contribution < -0.4 is 5.32 Å². The van der Waals surface area contributed by atoms with E-state index in [0.717, 1.165) is 25.7 Å². The molecule has 6 heteroatoms. The summed E-state index contributed by atoms with van der Waals surface area (Å²) in [5.41, 5.74) is 0. The molecule has 1 aromatic heterocycles. The van der Waals surface area contributed by atoms with Gasteiger partial charge in [-0.3, -0.25) is 0 Å². The highest BCUT2D eigenvalue weighted by molar-refractivity contribution is 7.89. The minimum Gasteiger partial charge on any atom is -0.447 e. The Balaban J connectivity index is 2.12. The number of hydrogen-bond donors (Lipinski definition) is 1. The normalized spacial score (nSPS) is 21.8. The van der Waals surface area contributed by atoms with Crippen LogP contribution in [0.1, 0.15) is 38.4 Å². The molecule has 1 atom stereocenters. The second-order valence-electron chi connectivity index (χ2n) is 5.36. The van der Waals surface area contributed by atoms with E-state index in [1.165, 1.54) is 0 Å². The Kier molecular flexibility index (Phi) is 5.23. The smallest absolute Gasteiger partial charge is 0.276 e. The van der Waals surface area contributed by atoms with E-state index in [9.17, 15) is 8.42 Å². The van der Waals surface area contributed by atoms with Crippen LogP contribution in [0.5, 0.6) is 0 Å². The fraction of sp³-hybridized carbons (Fsp3) is 0.714. The first-order valence-corrected chi connectivity index (χ1v) is 8.75. The van der Waals surface area contributed by atoms with Gasteiger partial charge in [-0.15, -0.1) is 0 Å². The van der Waals surface area contributed by atoms with Crippen LogP contribution in [0.15, 0.2) is 21.6 Å². The van der Waals surface area contributed by atoms with Gasteiger partial charge in [-0.25, -0.2) is 8.42 Å². The minimum absolute atomic E-state index is 0.0673. The lowest BCUT2D eigenvalue weighted by Crippen LogP contribution is -2.31. The molecule has 0 saturated carbocycles. The summed E-state index contributed by atoms with van der Waals surface area (Å²) in [5.74, 6) is 1.29. The lowest BCUT2D eigenvalue weighted by molar-refractivity contribution is 0.365. The zero-order valence-electron chi connectivity index (χ0n) is 12.3. The van der Waals surface area contributed by atoms with Crippen molar-refractivity contribution in [2.75, 3.05) is 20.1 Å². The number of hydrogen-bond acceptors (Lipinski definition) is 4. The van der Waals surface area contributed by atoms with Gasteiger partial charge in [0.25, 0.3) is 10.0 Å². The summed E-state index contributed by atoms with van der Waals surface area (Å²) in [4.78, 5) is 0. The van der Waals surface area contributed by atoms with Gasteiger partial charge in [0.1, 0.15) is 5.76 Å². The quantitative estimate of drug-likeness (QED) is 0.905. The molecule has 0 spiro atoms. The average molecular weight is 300 g/mol. The van der Waals surface area contributed by atoms with Crippen LogP contribution in [0.3, 0.4) is 0 Å². The SMILES string of the molecule is CCC1CCCN(S(=O)(=O)c2ccc(CNC)o2)CC1. The summed E-state index contributed by atoms with van der Waals surface area (Å²) in [6.45, 7) is 3.91. The van der Waals surface area contributed by atoms with Gasteiger partial charge >= 0.3 is 0 Å². The third-order valence-electron chi connectivity index (χ3n) is 3.97. The second kappa shape index (κ2) is 6.74. The van der Waals surface area contributed by atoms with Crippen molar-refractivity contribution in [2.45, 2.75) is 44.2 Å². The molecule has 1 saturated heterocycles. The van der Waals surface area contributed by atoms with E-state index in [1.807, 2.05) is 0 Å². The molecule has 2 heterocycles. The first kappa shape index (κ1) is 15.5.